The van der Waals surface area contributed by atoms with Crippen LogP contribution in [0.15, 0.2) is 42.5 Å². The van der Waals surface area contributed by atoms with Gasteiger partial charge in [-0.25, -0.2) is 0 Å². The summed E-state index contributed by atoms with van der Waals surface area (Å²) in [6.07, 6.45) is -0.868. The van der Waals surface area contributed by atoms with E-state index in [9.17, 15) is 13.2 Å². The average Bonchev–Trinajstić information content (AvgIpc) is 3.30. The molecule has 28 heavy (non-hydrogen) atoms. The third-order valence-electron chi connectivity index (χ3n) is 5.35. The van der Waals surface area contributed by atoms with Crippen LogP contribution in [0.5, 0.6) is 17.2 Å². The van der Waals surface area contributed by atoms with E-state index in [0.717, 1.165) is 25.3 Å². The topological polar surface area (TPSA) is 39.7 Å². The second-order valence-corrected chi connectivity index (χ2v) is 7.24. The van der Waals surface area contributed by atoms with Crippen LogP contribution in [0, 0.1) is 5.92 Å². The van der Waals surface area contributed by atoms with Crippen molar-refractivity contribution >= 4 is 5.69 Å². The molecule has 2 fully saturated rings. The molecule has 2 aliphatic heterocycles. The SMILES string of the molecule is COc1cccc(Oc2ccc(NCC3CC4CCC3O4)cc2C(F)(F)F)c1. The molecule has 4 rings (SSSR count). The van der Waals surface area contributed by atoms with Crippen LogP contribution < -0.4 is 14.8 Å². The monoisotopic (exact) mass is 393 g/mol. The van der Waals surface area contributed by atoms with Crippen molar-refractivity contribution in [3.05, 3.63) is 48.0 Å². The molecule has 0 aromatic heterocycles. The van der Waals surface area contributed by atoms with E-state index in [1.54, 1.807) is 30.3 Å². The molecule has 0 spiro atoms. The van der Waals surface area contributed by atoms with Crippen molar-refractivity contribution in [1.82, 2.24) is 0 Å². The molecule has 3 atom stereocenters. The normalized spacial score (nSPS) is 23.6. The maximum atomic E-state index is 13.6. The second kappa shape index (κ2) is 7.54. The second-order valence-electron chi connectivity index (χ2n) is 7.24. The van der Waals surface area contributed by atoms with E-state index in [-0.39, 0.29) is 17.6 Å². The van der Waals surface area contributed by atoms with Crippen molar-refractivity contribution in [1.29, 1.82) is 0 Å². The van der Waals surface area contributed by atoms with Crippen molar-refractivity contribution in [2.24, 2.45) is 5.92 Å². The van der Waals surface area contributed by atoms with Crippen LogP contribution in [-0.2, 0) is 10.9 Å². The number of nitrogens with one attached hydrogen (secondary N) is 1. The number of hydrogen-bond donors (Lipinski definition) is 1. The van der Waals surface area contributed by atoms with E-state index >= 15 is 0 Å². The number of methoxy groups -OCH3 is 1. The Balaban J connectivity index is 1.50. The lowest BCUT2D eigenvalue weighted by Crippen LogP contribution is -2.24. The first kappa shape index (κ1) is 18.9. The highest BCUT2D eigenvalue weighted by molar-refractivity contribution is 5.53. The summed E-state index contributed by atoms with van der Waals surface area (Å²) in [7, 11) is 1.49. The van der Waals surface area contributed by atoms with Crippen LogP contribution in [0.3, 0.4) is 0 Å². The van der Waals surface area contributed by atoms with Gasteiger partial charge in [-0.1, -0.05) is 6.07 Å². The fourth-order valence-electron chi connectivity index (χ4n) is 3.95. The summed E-state index contributed by atoms with van der Waals surface area (Å²) in [5, 5.41) is 3.14. The molecule has 0 radical (unpaired) electrons. The van der Waals surface area contributed by atoms with Gasteiger partial charge >= 0.3 is 6.18 Å². The van der Waals surface area contributed by atoms with Gasteiger partial charge in [-0.15, -0.1) is 0 Å². The van der Waals surface area contributed by atoms with Gasteiger partial charge in [0, 0.05) is 24.2 Å². The van der Waals surface area contributed by atoms with Crippen molar-refractivity contribution < 1.29 is 27.4 Å². The molecule has 4 nitrogen and oxygen atoms in total. The lowest BCUT2D eigenvalue weighted by atomic mass is 9.89. The van der Waals surface area contributed by atoms with Crippen LogP contribution in [0.25, 0.3) is 0 Å². The summed E-state index contributed by atoms with van der Waals surface area (Å²) < 4.78 is 57.2. The number of halogens is 3. The predicted octanol–water partition coefficient (Wildman–Crippen LogP) is 5.49. The highest BCUT2D eigenvalue weighted by Crippen LogP contribution is 2.41. The molecule has 3 unspecified atom stereocenters. The highest BCUT2D eigenvalue weighted by atomic mass is 19.4. The molecule has 150 valence electrons. The molecule has 7 heteroatoms. The van der Waals surface area contributed by atoms with Crippen LogP contribution in [0.4, 0.5) is 18.9 Å². The zero-order valence-corrected chi connectivity index (χ0v) is 15.5. The predicted molar refractivity (Wildman–Crippen MR) is 99.0 cm³/mol. The van der Waals surface area contributed by atoms with E-state index in [1.807, 2.05) is 0 Å². The van der Waals surface area contributed by atoms with E-state index in [0.29, 0.717) is 30.0 Å². The van der Waals surface area contributed by atoms with Crippen LogP contribution in [-0.4, -0.2) is 25.9 Å². The third kappa shape index (κ3) is 4.04. The Kier molecular flexibility index (Phi) is 5.10. The van der Waals surface area contributed by atoms with E-state index in [4.69, 9.17) is 14.2 Å². The standard InChI is InChI=1S/C21H22F3NO3/c1-26-15-3-2-4-16(11-15)28-20-7-5-14(10-18(20)21(22,23)24)25-12-13-9-17-6-8-19(13)27-17/h2-5,7,10-11,13,17,19,25H,6,8-9,12H2,1H3. The van der Waals surface area contributed by atoms with Crippen molar-refractivity contribution in [2.75, 3.05) is 19.0 Å². The molecule has 2 aromatic rings. The number of fused-ring (bicyclic) bond motifs is 2. The number of alkyl halides is 3. The van der Waals surface area contributed by atoms with Gasteiger partial charge < -0.3 is 19.5 Å². The Bertz CT molecular complexity index is 840. The molecule has 2 aliphatic rings. The molecule has 2 aromatic carbocycles. The Hall–Kier alpha value is -2.41. The van der Waals surface area contributed by atoms with Gasteiger partial charge in [-0.05, 0) is 49.6 Å². The van der Waals surface area contributed by atoms with Crippen LogP contribution in [0.2, 0.25) is 0 Å². The minimum absolute atomic E-state index is 0.232. The number of anilines is 1. The van der Waals surface area contributed by atoms with Gasteiger partial charge in [0.1, 0.15) is 22.8 Å². The van der Waals surface area contributed by atoms with Crippen LogP contribution in [0.1, 0.15) is 24.8 Å². The van der Waals surface area contributed by atoms with Crippen molar-refractivity contribution in [3.63, 3.8) is 0 Å². The van der Waals surface area contributed by atoms with Gasteiger partial charge in [-0.2, -0.15) is 13.2 Å². The lowest BCUT2D eigenvalue weighted by molar-refractivity contribution is -0.138. The minimum atomic E-state index is -4.53. The fraction of sp³-hybridized carbons (Fsp3) is 0.429. The number of ether oxygens (including phenoxy) is 3. The number of benzene rings is 2. The minimum Gasteiger partial charge on any atom is -0.497 e. The number of rotatable bonds is 6. The molecular formula is C21H22F3NO3. The zero-order valence-electron chi connectivity index (χ0n) is 15.5. The van der Waals surface area contributed by atoms with Gasteiger partial charge in [0.15, 0.2) is 0 Å². The third-order valence-corrected chi connectivity index (χ3v) is 5.35. The molecule has 2 heterocycles. The maximum Gasteiger partial charge on any atom is 0.420 e. The first-order valence-electron chi connectivity index (χ1n) is 9.35. The fourth-order valence-corrected chi connectivity index (χ4v) is 3.95. The average molecular weight is 393 g/mol. The molecule has 0 saturated carbocycles. The summed E-state index contributed by atoms with van der Waals surface area (Å²) in [6.45, 7) is 0.606. The zero-order chi connectivity index (χ0) is 19.7. The van der Waals surface area contributed by atoms with E-state index in [1.165, 1.54) is 13.2 Å². The lowest BCUT2D eigenvalue weighted by Gasteiger charge is -2.20. The van der Waals surface area contributed by atoms with Gasteiger partial charge in [0.2, 0.25) is 0 Å². The van der Waals surface area contributed by atoms with E-state index < -0.39 is 11.7 Å². The van der Waals surface area contributed by atoms with Crippen molar-refractivity contribution in [2.45, 2.75) is 37.6 Å². The molecular weight excluding hydrogens is 371 g/mol. The molecule has 0 amide bonds. The highest BCUT2D eigenvalue weighted by Gasteiger charge is 2.40. The van der Waals surface area contributed by atoms with Gasteiger partial charge in [-0.3, -0.25) is 0 Å². The van der Waals surface area contributed by atoms with Crippen LogP contribution >= 0.6 is 0 Å². The summed E-state index contributed by atoms with van der Waals surface area (Å²) in [5.74, 6) is 0.900. The molecule has 0 aliphatic carbocycles. The summed E-state index contributed by atoms with van der Waals surface area (Å²) in [5.41, 5.74) is -0.391. The summed E-state index contributed by atoms with van der Waals surface area (Å²) in [6, 6.07) is 10.6. The van der Waals surface area contributed by atoms with E-state index in [2.05, 4.69) is 5.32 Å². The molecule has 2 saturated heterocycles. The number of hydrogen-bond acceptors (Lipinski definition) is 4. The van der Waals surface area contributed by atoms with Gasteiger partial charge in [0.25, 0.3) is 0 Å². The smallest absolute Gasteiger partial charge is 0.420 e. The summed E-state index contributed by atoms with van der Waals surface area (Å²) in [4.78, 5) is 0. The quantitative estimate of drug-likeness (QED) is 0.705. The first-order valence-corrected chi connectivity index (χ1v) is 9.35. The molecule has 1 N–H and O–H groups in total. The first-order chi connectivity index (χ1) is 13.4. The Morgan fingerprint density at radius 2 is 1.93 bits per heavy atom. The Morgan fingerprint density at radius 3 is 2.61 bits per heavy atom. The molecule has 2 bridgehead atoms. The Labute approximate surface area is 161 Å². The maximum absolute atomic E-state index is 13.6. The Morgan fingerprint density at radius 1 is 1.11 bits per heavy atom. The summed E-state index contributed by atoms with van der Waals surface area (Å²) >= 11 is 0. The van der Waals surface area contributed by atoms with Crippen molar-refractivity contribution in [3.8, 4) is 17.2 Å². The van der Waals surface area contributed by atoms with Gasteiger partial charge in [0.05, 0.1) is 19.3 Å². The largest absolute Gasteiger partial charge is 0.497 e.